The van der Waals surface area contributed by atoms with Gasteiger partial charge in [-0.3, -0.25) is 9.59 Å². The molecule has 6 heteroatoms. The van der Waals surface area contributed by atoms with Gasteiger partial charge in [-0.25, -0.2) is 0 Å². The average molecular weight is 277 g/mol. The number of amides is 1. The molecular weight excluding hydrogens is 262 g/mol. The normalized spacial score (nSPS) is 25.1. The van der Waals surface area contributed by atoms with Crippen molar-refractivity contribution < 1.29 is 24.2 Å². The highest BCUT2D eigenvalue weighted by atomic mass is 16.7. The Balaban J connectivity index is 1.73. The van der Waals surface area contributed by atoms with Gasteiger partial charge in [-0.2, -0.15) is 0 Å². The topological polar surface area (TPSA) is 84.9 Å². The summed E-state index contributed by atoms with van der Waals surface area (Å²) in [7, 11) is 0. The fraction of sp³-hybridized carbons (Fsp3) is 0.429. The second-order valence-corrected chi connectivity index (χ2v) is 5.67. The molecule has 3 rings (SSSR count). The third-order valence-corrected chi connectivity index (χ3v) is 4.02. The van der Waals surface area contributed by atoms with Crippen molar-refractivity contribution in [2.75, 3.05) is 12.1 Å². The van der Waals surface area contributed by atoms with Gasteiger partial charge in [-0.15, -0.1) is 0 Å². The van der Waals surface area contributed by atoms with Crippen molar-refractivity contribution in [1.82, 2.24) is 0 Å². The summed E-state index contributed by atoms with van der Waals surface area (Å²) >= 11 is 0. The van der Waals surface area contributed by atoms with Gasteiger partial charge in [-0.1, -0.05) is 13.8 Å². The minimum Gasteiger partial charge on any atom is -0.481 e. The molecular formula is C14H15NO5. The van der Waals surface area contributed by atoms with Gasteiger partial charge < -0.3 is 19.9 Å². The number of ether oxygens (including phenoxy) is 2. The van der Waals surface area contributed by atoms with Crippen LogP contribution in [0.3, 0.4) is 0 Å². The van der Waals surface area contributed by atoms with Crippen molar-refractivity contribution in [1.29, 1.82) is 0 Å². The van der Waals surface area contributed by atoms with Crippen molar-refractivity contribution in [3.63, 3.8) is 0 Å². The lowest BCUT2D eigenvalue weighted by atomic mass is 10.1. The highest BCUT2D eigenvalue weighted by Gasteiger charge is 2.65. The molecule has 0 bridgehead atoms. The monoisotopic (exact) mass is 277 g/mol. The van der Waals surface area contributed by atoms with Crippen molar-refractivity contribution >= 4 is 17.6 Å². The number of carbonyl (C=O) groups excluding carboxylic acids is 1. The molecule has 1 fully saturated rings. The molecule has 1 aromatic rings. The van der Waals surface area contributed by atoms with Crippen molar-refractivity contribution in [3.05, 3.63) is 18.2 Å². The van der Waals surface area contributed by atoms with E-state index >= 15 is 0 Å². The van der Waals surface area contributed by atoms with Gasteiger partial charge in [0.15, 0.2) is 11.5 Å². The minimum atomic E-state index is -0.930. The van der Waals surface area contributed by atoms with Crippen molar-refractivity contribution in [2.45, 2.75) is 13.8 Å². The molecule has 1 heterocycles. The maximum Gasteiger partial charge on any atom is 0.307 e. The lowest BCUT2D eigenvalue weighted by Gasteiger charge is -2.06. The van der Waals surface area contributed by atoms with E-state index in [2.05, 4.69) is 5.32 Å². The summed E-state index contributed by atoms with van der Waals surface area (Å²) in [6.45, 7) is 3.74. The first kappa shape index (κ1) is 12.8. The van der Waals surface area contributed by atoms with Gasteiger partial charge in [0.2, 0.25) is 12.7 Å². The number of hydrogen-bond acceptors (Lipinski definition) is 4. The molecule has 1 aliphatic heterocycles. The standard InChI is InChI=1S/C14H15NO5/c1-14(2)10(11(14)13(17)18)12(16)15-7-3-4-8-9(5-7)20-6-19-8/h3-5,10-11H,6H2,1-2H3,(H,15,16)(H,17,18). The third-order valence-electron chi connectivity index (χ3n) is 4.02. The maximum absolute atomic E-state index is 12.2. The number of carboxylic acids is 1. The van der Waals surface area contributed by atoms with E-state index in [0.717, 1.165) is 0 Å². The molecule has 20 heavy (non-hydrogen) atoms. The van der Waals surface area contributed by atoms with Gasteiger partial charge in [0.1, 0.15) is 0 Å². The molecule has 0 aromatic heterocycles. The predicted octanol–water partition coefficient (Wildman–Crippen LogP) is 1.71. The van der Waals surface area contributed by atoms with E-state index in [4.69, 9.17) is 14.6 Å². The van der Waals surface area contributed by atoms with Crippen LogP contribution in [0.5, 0.6) is 11.5 Å². The van der Waals surface area contributed by atoms with Crippen LogP contribution < -0.4 is 14.8 Å². The van der Waals surface area contributed by atoms with Gasteiger partial charge in [-0.05, 0) is 17.5 Å². The second kappa shape index (κ2) is 4.13. The van der Waals surface area contributed by atoms with Gasteiger partial charge >= 0.3 is 5.97 Å². The number of nitrogens with one attached hydrogen (secondary N) is 1. The minimum absolute atomic E-state index is 0.170. The Hall–Kier alpha value is -2.24. The molecule has 1 amide bonds. The van der Waals surface area contributed by atoms with Crippen LogP contribution in [0.1, 0.15) is 13.8 Å². The summed E-state index contributed by atoms with van der Waals surface area (Å²) in [5, 5.41) is 11.8. The summed E-state index contributed by atoms with van der Waals surface area (Å²) in [6, 6.07) is 5.09. The molecule has 2 atom stereocenters. The second-order valence-electron chi connectivity index (χ2n) is 5.67. The molecule has 2 unspecified atom stereocenters. The molecule has 2 aliphatic rings. The smallest absolute Gasteiger partial charge is 0.307 e. The number of hydrogen-bond donors (Lipinski definition) is 2. The number of aliphatic carboxylic acids is 1. The summed E-state index contributed by atoms with van der Waals surface area (Å²) < 4.78 is 10.4. The molecule has 0 radical (unpaired) electrons. The van der Waals surface area contributed by atoms with Gasteiger partial charge in [0.25, 0.3) is 0 Å². The Morgan fingerprint density at radius 1 is 1.25 bits per heavy atom. The first-order valence-electron chi connectivity index (χ1n) is 6.34. The Labute approximate surface area is 115 Å². The summed E-state index contributed by atoms with van der Waals surface area (Å²) in [5.74, 6) is -1.13. The van der Waals surface area contributed by atoms with Gasteiger partial charge in [0, 0.05) is 11.8 Å². The van der Waals surface area contributed by atoms with E-state index in [-0.39, 0.29) is 12.7 Å². The zero-order chi connectivity index (χ0) is 14.5. The van der Waals surface area contributed by atoms with Crippen LogP contribution in [0.4, 0.5) is 5.69 Å². The number of rotatable bonds is 3. The van der Waals surface area contributed by atoms with Crippen LogP contribution in [0.25, 0.3) is 0 Å². The predicted molar refractivity (Wildman–Crippen MR) is 69.6 cm³/mol. The van der Waals surface area contributed by atoms with Crippen LogP contribution in [0, 0.1) is 17.3 Å². The van der Waals surface area contributed by atoms with Crippen LogP contribution in [-0.2, 0) is 9.59 Å². The lowest BCUT2D eigenvalue weighted by Crippen LogP contribution is -2.17. The van der Waals surface area contributed by atoms with E-state index in [1.165, 1.54) is 0 Å². The molecule has 6 nitrogen and oxygen atoms in total. The first-order chi connectivity index (χ1) is 9.41. The van der Waals surface area contributed by atoms with Crippen LogP contribution in [0.2, 0.25) is 0 Å². The molecule has 1 aliphatic carbocycles. The van der Waals surface area contributed by atoms with E-state index in [1.807, 2.05) is 0 Å². The Morgan fingerprint density at radius 2 is 1.95 bits per heavy atom. The third kappa shape index (κ3) is 1.88. The van der Waals surface area contributed by atoms with E-state index in [1.54, 1.807) is 32.0 Å². The fourth-order valence-corrected chi connectivity index (χ4v) is 2.78. The zero-order valence-electron chi connectivity index (χ0n) is 11.2. The number of benzene rings is 1. The largest absolute Gasteiger partial charge is 0.481 e. The molecule has 106 valence electrons. The number of carbonyl (C=O) groups is 2. The van der Waals surface area contributed by atoms with E-state index in [0.29, 0.717) is 17.2 Å². The lowest BCUT2D eigenvalue weighted by molar-refractivity contribution is -0.140. The van der Waals surface area contributed by atoms with E-state index in [9.17, 15) is 9.59 Å². The summed E-state index contributed by atoms with van der Waals surface area (Å²) in [5.41, 5.74) is 0.0674. The summed E-state index contributed by atoms with van der Waals surface area (Å²) in [4.78, 5) is 23.2. The molecule has 1 aromatic carbocycles. The Morgan fingerprint density at radius 3 is 2.60 bits per heavy atom. The quantitative estimate of drug-likeness (QED) is 0.878. The molecule has 0 saturated heterocycles. The van der Waals surface area contributed by atoms with Crippen LogP contribution >= 0.6 is 0 Å². The Bertz CT molecular complexity index is 595. The average Bonchev–Trinajstić information content (AvgIpc) is 2.73. The fourth-order valence-electron chi connectivity index (χ4n) is 2.78. The van der Waals surface area contributed by atoms with Crippen molar-refractivity contribution in [3.8, 4) is 11.5 Å². The van der Waals surface area contributed by atoms with Crippen molar-refractivity contribution in [2.24, 2.45) is 17.3 Å². The number of anilines is 1. The van der Waals surface area contributed by atoms with Crippen LogP contribution in [0.15, 0.2) is 18.2 Å². The van der Waals surface area contributed by atoms with Crippen LogP contribution in [-0.4, -0.2) is 23.8 Å². The molecule has 2 N–H and O–H groups in total. The Kier molecular flexibility index (Phi) is 2.64. The SMILES string of the molecule is CC1(C)C(C(=O)O)C1C(=O)Nc1ccc2c(c1)OCO2. The molecule has 1 saturated carbocycles. The molecule has 0 spiro atoms. The zero-order valence-corrected chi connectivity index (χ0v) is 11.2. The highest BCUT2D eigenvalue weighted by Crippen LogP contribution is 2.58. The number of fused-ring (bicyclic) bond motifs is 1. The van der Waals surface area contributed by atoms with Gasteiger partial charge in [0.05, 0.1) is 11.8 Å². The summed E-state index contributed by atoms with van der Waals surface area (Å²) in [6.07, 6.45) is 0. The first-order valence-corrected chi connectivity index (χ1v) is 6.34. The number of carboxylic acid groups (broad SMARTS) is 1. The van der Waals surface area contributed by atoms with E-state index < -0.39 is 23.2 Å². The highest BCUT2D eigenvalue weighted by molar-refractivity contribution is 5.99. The maximum atomic E-state index is 12.2.